The molecule has 1 heterocycles. The number of fused-ring (bicyclic) bond motifs is 1. The molecular formula is C18H20ClNO3S. The molecule has 0 spiro atoms. The van der Waals surface area contributed by atoms with E-state index in [4.69, 9.17) is 16.3 Å². The first kappa shape index (κ1) is 17.2. The quantitative estimate of drug-likeness (QED) is 0.798. The molecule has 1 saturated carbocycles. The number of halogens is 1. The maximum absolute atomic E-state index is 12.3. The summed E-state index contributed by atoms with van der Waals surface area (Å²) in [6, 6.07) is 7.58. The van der Waals surface area contributed by atoms with Gasteiger partial charge in [0.2, 0.25) is 0 Å². The Morgan fingerprint density at radius 3 is 2.71 bits per heavy atom. The van der Waals surface area contributed by atoms with Crippen molar-refractivity contribution in [3.8, 4) is 0 Å². The van der Waals surface area contributed by atoms with Crippen molar-refractivity contribution in [1.82, 2.24) is 5.32 Å². The van der Waals surface area contributed by atoms with Crippen molar-refractivity contribution < 1.29 is 14.3 Å². The van der Waals surface area contributed by atoms with Crippen LogP contribution in [0.3, 0.4) is 0 Å². The van der Waals surface area contributed by atoms with E-state index in [0.29, 0.717) is 22.4 Å². The van der Waals surface area contributed by atoms with Crippen LogP contribution in [0.4, 0.5) is 0 Å². The molecule has 1 aromatic heterocycles. The lowest BCUT2D eigenvalue weighted by Gasteiger charge is -2.21. The number of ether oxygens (including phenoxy) is 1. The van der Waals surface area contributed by atoms with Gasteiger partial charge in [0.25, 0.3) is 5.91 Å². The number of carbonyl (C=O) groups excluding carboxylic acids is 2. The van der Waals surface area contributed by atoms with Crippen molar-refractivity contribution in [2.24, 2.45) is 5.92 Å². The third kappa shape index (κ3) is 4.08. The molecule has 0 atom stereocenters. The first-order valence-corrected chi connectivity index (χ1v) is 9.45. The minimum absolute atomic E-state index is 0.129. The lowest BCUT2D eigenvalue weighted by atomic mass is 9.90. The van der Waals surface area contributed by atoms with E-state index in [1.54, 1.807) is 0 Å². The van der Waals surface area contributed by atoms with Crippen LogP contribution in [0, 0.1) is 5.92 Å². The van der Waals surface area contributed by atoms with Crippen LogP contribution < -0.4 is 5.32 Å². The van der Waals surface area contributed by atoms with E-state index >= 15 is 0 Å². The Hall–Kier alpha value is -1.59. The van der Waals surface area contributed by atoms with Gasteiger partial charge < -0.3 is 10.1 Å². The van der Waals surface area contributed by atoms with Crippen molar-refractivity contribution in [3.05, 3.63) is 34.2 Å². The summed E-state index contributed by atoms with van der Waals surface area (Å²) in [5, 5.41) is 3.89. The van der Waals surface area contributed by atoms with E-state index in [2.05, 4.69) is 5.32 Å². The predicted molar refractivity (Wildman–Crippen MR) is 96.7 cm³/mol. The van der Waals surface area contributed by atoms with Crippen LogP contribution in [0.25, 0.3) is 10.1 Å². The van der Waals surface area contributed by atoms with Crippen molar-refractivity contribution in [1.29, 1.82) is 0 Å². The van der Waals surface area contributed by atoms with Crippen molar-refractivity contribution in [3.63, 3.8) is 0 Å². The summed E-state index contributed by atoms with van der Waals surface area (Å²) in [6.07, 6.45) is 5.94. The van der Waals surface area contributed by atoms with Crippen molar-refractivity contribution in [2.75, 3.05) is 13.2 Å². The van der Waals surface area contributed by atoms with Crippen LogP contribution in [0.1, 0.15) is 41.8 Å². The molecule has 24 heavy (non-hydrogen) atoms. The van der Waals surface area contributed by atoms with E-state index < -0.39 is 5.97 Å². The highest BCUT2D eigenvalue weighted by Gasteiger charge is 2.19. The van der Waals surface area contributed by atoms with E-state index in [9.17, 15) is 9.59 Å². The number of thiophene rings is 1. The normalized spacial score (nSPS) is 15.4. The van der Waals surface area contributed by atoms with Crippen LogP contribution in [0.2, 0.25) is 5.02 Å². The van der Waals surface area contributed by atoms with E-state index in [1.807, 2.05) is 24.3 Å². The van der Waals surface area contributed by atoms with Gasteiger partial charge in [-0.3, -0.25) is 9.59 Å². The monoisotopic (exact) mass is 365 g/mol. The average Bonchev–Trinajstić information content (AvgIpc) is 2.96. The molecule has 1 aliphatic carbocycles. The van der Waals surface area contributed by atoms with Gasteiger partial charge in [-0.2, -0.15) is 0 Å². The molecular weight excluding hydrogens is 346 g/mol. The van der Waals surface area contributed by atoms with Gasteiger partial charge in [-0.25, -0.2) is 0 Å². The number of carbonyl (C=O) groups is 2. The Bertz CT molecular complexity index is 737. The Morgan fingerprint density at radius 2 is 1.96 bits per heavy atom. The zero-order valence-corrected chi connectivity index (χ0v) is 14.9. The van der Waals surface area contributed by atoms with Gasteiger partial charge >= 0.3 is 5.97 Å². The standard InChI is InChI=1S/C18H20ClNO3S/c19-16-13-8-4-5-9-14(13)24-17(16)18(22)20-10-15(21)23-11-12-6-2-1-3-7-12/h4-5,8-9,12H,1-3,6-7,10-11H2,(H,20,22). The second-order valence-corrected chi connectivity index (χ2v) is 7.54. The van der Waals surface area contributed by atoms with Gasteiger partial charge in [-0.05, 0) is 24.8 Å². The maximum Gasteiger partial charge on any atom is 0.325 e. The van der Waals surface area contributed by atoms with Gasteiger partial charge in [-0.1, -0.05) is 49.1 Å². The molecule has 0 bridgehead atoms. The highest BCUT2D eigenvalue weighted by Crippen LogP contribution is 2.34. The van der Waals surface area contributed by atoms with Crippen LogP contribution in [-0.2, 0) is 9.53 Å². The van der Waals surface area contributed by atoms with Gasteiger partial charge in [0.05, 0.1) is 11.6 Å². The summed E-state index contributed by atoms with van der Waals surface area (Å²) in [4.78, 5) is 24.5. The second-order valence-electron chi connectivity index (χ2n) is 6.11. The average molecular weight is 366 g/mol. The fourth-order valence-corrected chi connectivity index (χ4v) is 4.44. The third-order valence-corrected chi connectivity index (χ3v) is 6.01. The predicted octanol–water partition coefficient (Wildman–Crippen LogP) is 4.41. The molecule has 0 radical (unpaired) electrons. The SMILES string of the molecule is O=C(CNC(=O)c1sc2ccccc2c1Cl)OCC1CCCCC1. The second kappa shape index (κ2) is 7.99. The Morgan fingerprint density at radius 1 is 1.21 bits per heavy atom. The van der Waals surface area contributed by atoms with Crippen LogP contribution in [0.15, 0.2) is 24.3 Å². The number of benzene rings is 1. The number of hydrogen-bond donors (Lipinski definition) is 1. The van der Waals surface area contributed by atoms with E-state index in [0.717, 1.165) is 22.9 Å². The highest BCUT2D eigenvalue weighted by molar-refractivity contribution is 7.21. The number of esters is 1. The Balaban J connectivity index is 1.50. The lowest BCUT2D eigenvalue weighted by molar-refractivity contribution is -0.144. The molecule has 0 saturated heterocycles. The molecule has 0 unspecified atom stereocenters. The number of rotatable bonds is 5. The lowest BCUT2D eigenvalue weighted by Crippen LogP contribution is -2.31. The maximum atomic E-state index is 12.3. The summed E-state index contributed by atoms with van der Waals surface area (Å²) >= 11 is 7.59. The molecule has 1 aliphatic rings. The fraction of sp³-hybridized carbons (Fsp3) is 0.444. The smallest absolute Gasteiger partial charge is 0.325 e. The van der Waals surface area contributed by atoms with Gasteiger partial charge in [0, 0.05) is 10.1 Å². The van der Waals surface area contributed by atoms with Gasteiger partial charge in [0.1, 0.15) is 11.4 Å². The summed E-state index contributed by atoms with van der Waals surface area (Å²) in [5.41, 5.74) is 0. The molecule has 128 valence electrons. The summed E-state index contributed by atoms with van der Waals surface area (Å²) in [5.74, 6) is -0.266. The van der Waals surface area contributed by atoms with Crippen LogP contribution >= 0.6 is 22.9 Å². The molecule has 3 rings (SSSR count). The zero-order chi connectivity index (χ0) is 16.9. The van der Waals surface area contributed by atoms with Crippen LogP contribution in [0.5, 0.6) is 0 Å². The molecule has 1 aromatic carbocycles. The fourth-order valence-electron chi connectivity index (χ4n) is 3.01. The topological polar surface area (TPSA) is 55.4 Å². The number of hydrogen-bond acceptors (Lipinski definition) is 4. The van der Waals surface area contributed by atoms with Gasteiger partial charge in [0.15, 0.2) is 0 Å². The van der Waals surface area contributed by atoms with E-state index in [-0.39, 0.29) is 12.5 Å². The van der Waals surface area contributed by atoms with E-state index in [1.165, 1.54) is 30.6 Å². The molecule has 4 nitrogen and oxygen atoms in total. The molecule has 0 aliphatic heterocycles. The molecule has 1 N–H and O–H groups in total. The highest BCUT2D eigenvalue weighted by atomic mass is 35.5. The Kier molecular flexibility index (Phi) is 5.74. The Labute approximate surface area is 150 Å². The summed E-state index contributed by atoms with van der Waals surface area (Å²) in [7, 11) is 0. The molecule has 2 aromatic rings. The zero-order valence-electron chi connectivity index (χ0n) is 13.3. The largest absolute Gasteiger partial charge is 0.464 e. The third-order valence-electron chi connectivity index (χ3n) is 4.34. The van der Waals surface area contributed by atoms with Gasteiger partial charge in [-0.15, -0.1) is 11.3 Å². The minimum atomic E-state index is -0.397. The van der Waals surface area contributed by atoms with Crippen molar-refractivity contribution in [2.45, 2.75) is 32.1 Å². The molecule has 1 fully saturated rings. The van der Waals surface area contributed by atoms with Crippen molar-refractivity contribution >= 4 is 44.9 Å². The molecule has 1 amide bonds. The first-order valence-electron chi connectivity index (χ1n) is 8.26. The minimum Gasteiger partial charge on any atom is -0.464 e. The summed E-state index contributed by atoms with van der Waals surface area (Å²) in [6.45, 7) is 0.328. The first-order chi connectivity index (χ1) is 11.6. The van der Waals surface area contributed by atoms with Crippen LogP contribution in [-0.4, -0.2) is 25.0 Å². The molecule has 6 heteroatoms. The summed E-state index contributed by atoms with van der Waals surface area (Å²) < 4.78 is 6.23. The number of amides is 1. The number of nitrogens with one attached hydrogen (secondary N) is 1.